The monoisotopic (exact) mass is 446 g/mol. The van der Waals surface area contributed by atoms with E-state index in [0.29, 0.717) is 12.3 Å². The lowest BCUT2D eigenvalue weighted by molar-refractivity contribution is -0.134. The van der Waals surface area contributed by atoms with Crippen molar-refractivity contribution in [3.05, 3.63) is 65.9 Å². The fourth-order valence-electron chi connectivity index (χ4n) is 5.42. The molecule has 0 aliphatic heterocycles. The van der Waals surface area contributed by atoms with Crippen molar-refractivity contribution < 1.29 is 9.53 Å². The molecule has 0 radical (unpaired) electrons. The van der Waals surface area contributed by atoms with E-state index in [-0.39, 0.29) is 11.5 Å². The molecule has 0 spiro atoms. The summed E-state index contributed by atoms with van der Waals surface area (Å²) in [6, 6.07) is 19.0. The third-order valence-electron chi connectivity index (χ3n) is 7.54. The molecule has 1 heterocycles. The Labute approximate surface area is 198 Å². The first-order chi connectivity index (χ1) is 16.0. The quantitative estimate of drug-likeness (QED) is 0.289. The number of benzene rings is 2. The smallest absolute Gasteiger partial charge is 0.311 e. The van der Waals surface area contributed by atoms with Crippen LogP contribution in [0, 0.1) is 0 Å². The van der Waals surface area contributed by atoms with Gasteiger partial charge in [0.15, 0.2) is 5.75 Å². The highest BCUT2D eigenvalue weighted by atomic mass is 16.5. The zero-order valence-electron chi connectivity index (χ0n) is 20.4. The summed E-state index contributed by atoms with van der Waals surface area (Å²) in [5.74, 6) is 1.02. The van der Waals surface area contributed by atoms with Gasteiger partial charge in [-0.15, -0.1) is 0 Å². The molecule has 4 heteroatoms. The number of rotatable bonds is 9. The van der Waals surface area contributed by atoms with Gasteiger partial charge in [0, 0.05) is 28.8 Å². The van der Waals surface area contributed by atoms with E-state index in [1.54, 1.807) is 0 Å². The molecule has 1 saturated carbocycles. The van der Waals surface area contributed by atoms with Crippen LogP contribution in [0.5, 0.6) is 5.75 Å². The fraction of sp³-hybridized carbons (Fsp3) is 0.483. The first-order valence-electron chi connectivity index (χ1n) is 12.5. The predicted octanol–water partition coefficient (Wildman–Crippen LogP) is 6.85. The van der Waals surface area contributed by atoms with Crippen molar-refractivity contribution in [2.75, 3.05) is 14.1 Å². The number of aromatic amines is 1. The van der Waals surface area contributed by atoms with E-state index in [1.807, 2.05) is 12.1 Å². The van der Waals surface area contributed by atoms with Crippen molar-refractivity contribution in [1.82, 2.24) is 9.88 Å². The van der Waals surface area contributed by atoms with E-state index in [2.05, 4.69) is 73.4 Å². The summed E-state index contributed by atoms with van der Waals surface area (Å²) in [6.07, 6.45) is 9.02. The Morgan fingerprint density at radius 1 is 1.03 bits per heavy atom. The summed E-state index contributed by atoms with van der Waals surface area (Å²) in [7, 11) is 4.44. The second-order valence-corrected chi connectivity index (χ2v) is 9.90. The van der Waals surface area contributed by atoms with Crippen molar-refractivity contribution >= 4 is 16.9 Å². The van der Waals surface area contributed by atoms with Crippen LogP contribution in [0.2, 0.25) is 0 Å². The molecule has 0 saturated heterocycles. The highest BCUT2D eigenvalue weighted by Crippen LogP contribution is 2.46. The van der Waals surface area contributed by atoms with Gasteiger partial charge in [-0.2, -0.15) is 0 Å². The molecule has 2 aromatic carbocycles. The van der Waals surface area contributed by atoms with Gasteiger partial charge >= 0.3 is 5.97 Å². The lowest BCUT2D eigenvalue weighted by Gasteiger charge is -2.45. The summed E-state index contributed by atoms with van der Waals surface area (Å²) < 4.78 is 6.01. The number of carbonyl (C=O) groups is 1. The lowest BCUT2D eigenvalue weighted by Crippen LogP contribution is -2.48. The Kier molecular flexibility index (Phi) is 7.54. The number of esters is 1. The average molecular weight is 447 g/mol. The molecule has 0 unspecified atom stereocenters. The number of likely N-dealkylation sites (N-methyl/N-ethyl adjacent to an activating group) is 1. The summed E-state index contributed by atoms with van der Waals surface area (Å²) >= 11 is 0. The van der Waals surface area contributed by atoms with E-state index in [4.69, 9.17) is 4.74 Å². The molecule has 1 aromatic heterocycles. The standard InChI is InChI=1S/C29H38N2O2/c1-4-5-7-16-26(32)33-28-24-14-10-11-15-25(24)30-27(28)23-17-19-29(20-18-23,31(2)3)21-22-12-8-6-9-13-22/h6,8-15,23,30H,4-5,7,16-21H2,1-3H3. The fourth-order valence-corrected chi connectivity index (χ4v) is 5.42. The minimum atomic E-state index is -0.114. The molecule has 1 N–H and O–H groups in total. The highest BCUT2D eigenvalue weighted by Gasteiger charge is 2.39. The number of H-pyrrole nitrogens is 1. The SMILES string of the molecule is CCCCCC(=O)Oc1c(C2CCC(Cc3ccccc3)(N(C)C)CC2)[nH]c2ccccc12. The van der Waals surface area contributed by atoms with E-state index in [0.717, 1.165) is 73.7 Å². The predicted molar refractivity (Wildman–Crippen MR) is 136 cm³/mol. The molecule has 176 valence electrons. The minimum Gasteiger partial charge on any atom is -0.424 e. The van der Waals surface area contributed by atoms with Gasteiger partial charge < -0.3 is 14.6 Å². The van der Waals surface area contributed by atoms with Crippen molar-refractivity contribution in [3.8, 4) is 5.75 Å². The molecule has 3 aromatic rings. The zero-order chi connectivity index (χ0) is 23.3. The van der Waals surface area contributed by atoms with Crippen molar-refractivity contribution in [3.63, 3.8) is 0 Å². The lowest BCUT2D eigenvalue weighted by atomic mass is 9.72. The molecule has 1 fully saturated rings. The van der Waals surface area contributed by atoms with E-state index < -0.39 is 0 Å². The molecule has 0 amide bonds. The number of nitrogens with one attached hydrogen (secondary N) is 1. The summed E-state index contributed by atoms with van der Waals surface area (Å²) in [4.78, 5) is 18.7. The zero-order valence-corrected chi connectivity index (χ0v) is 20.4. The van der Waals surface area contributed by atoms with Crippen LogP contribution in [0.25, 0.3) is 10.9 Å². The Balaban J connectivity index is 1.54. The second-order valence-electron chi connectivity index (χ2n) is 9.90. The van der Waals surface area contributed by atoms with Crippen LogP contribution in [0.1, 0.15) is 75.5 Å². The van der Waals surface area contributed by atoms with Gasteiger partial charge in [-0.3, -0.25) is 4.79 Å². The molecule has 1 aliphatic carbocycles. The molecule has 0 atom stereocenters. The van der Waals surface area contributed by atoms with Crippen LogP contribution in [0.3, 0.4) is 0 Å². The van der Waals surface area contributed by atoms with Gasteiger partial charge in [0.2, 0.25) is 0 Å². The van der Waals surface area contributed by atoms with Gasteiger partial charge in [0.05, 0.1) is 5.69 Å². The number of para-hydroxylation sites is 1. The largest absolute Gasteiger partial charge is 0.424 e. The van der Waals surface area contributed by atoms with Gasteiger partial charge in [0.1, 0.15) is 0 Å². The van der Waals surface area contributed by atoms with Crippen LogP contribution in [0.4, 0.5) is 0 Å². The molecule has 4 rings (SSSR count). The molecule has 4 nitrogen and oxygen atoms in total. The number of hydrogen-bond donors (Lipinski definition) is 1. The highest BCUT2D eigenvalue weighted by molar-refractivity contribution is 5.90. The number of carbonyl (C=O) groups excluding carboxylic acids is 1. The Morgan fingerprint density at radius 2 is 1.73 bits per heavy atom. The number of unbranched alkanes of at least 4 members (excludes halogenated alkanes) is 2. The maximum absolute atomic E-state index is 12.6. The third-order valence-corrected chi connectivity index (χ3v) is 7.54. The van der Waals surface area contributed by atoms with E-state index >= 15 is 0 Å². The molecular weight excluding hydrogens is 408 g/mol. The normalized spacial score (nSPS) is 20.9. The van der Waals surface area contributed by atoms with Crippen LogP contribution >= 0.6 is 0 Å². The first kappa shape index (κ1) is 23.6. The second kappa shape index (κ2) is 10.6. The molecule has 0 bridgehead atoms. The number of fused-ring (bicyclic) bond motifs is 1. The van der Waals surface area contributed by atoms with E-state index in [1.165, 1.54) is 5.56 Å². The Morgan fingerprint density at radius 3 is 2.42 bits per heavy atom. The Bertz CT molecular complexity index is 1050. The van der Waals surface area contributed by atoms with Crippen molar-refractivity contribution in [2.45, 2.75) is 76.2 Å². The first-order valence-corrected chi connectivity index (χ1v) is 12.5. The van der Waals surface area contributed by atoms with E-state index in [9.17, 15) is 4.79 Å². The van der Waals surface area contributed by atoms with Gasteiger partial charge in [-0.1, -0.05) is 62.2 Å². The topological polar surface area (TPSA) is 45.3 Å². The number of ether oxygens (including phenoxy) is 1. The number of hydrogen-bond acceptors (Lipinski definition) is 3. The number of aromatic nitrogens is 1. The van der Waals surface area contributed by atoms with Crippen LogP contribution in [-0.4, -0.2) is 35.5 Å². The van der Waals surface area contributed by atoms with Crippen molar-refractivity contribution in [2.24, 2.45) is 0 Å². The minimum absolute atomic E-state index is 0.114. The summed E-state index contributed by atoms with van der Waals surface area (Å²) in [5, 5.41) is 1.02. The maximum atomic E-state index is 12.6. The molecule has 33 heavy (non-hydrogen) atoms. The molecular formula is C29H38N2O2. The average Bonchev–Trinajstić information content (AvgIpc) is 3.18. The summed E-state index contributed by atoms with van der Waals surface area (Å²) in [6.45, 7) is 2.15. The molecule has 1 aliphatic rings. The maximum Gasteiger partial charge on any atom is 0.311 e. The van der Waals surface area contributed by atoms with Gasteiger partial charge in [-0.25, -0.2) is 0 Å². The summed E-state index contributed by atoms with van der Waals surface area (Å²) in [5.41, 5.74) is 3.72. The van der Waals surface area contributed by atoms with Gasteiger partial charge in [0.25, 0.3) is 0 Å². The van der Waals surface area contributed by atoms with Crippen LogP contribution in [0.15, 0.2) is 54.6 Å². The van der Waals surface area contributed by atoms with Crippen molar-refractivity contribution in [1.29, 1.82) is 0 Å². The van der Waals surface area contributed by atoms with Crippen LogP contribution < -0.4 is 4.74 Å². The van der Waals surface area contributed by atoms with Crippen LogP contribution in [-0.2, 0) is 11.2 Å². The number of nitrogens with zero attached hydrogens (tertiary/aromatic N) is 1. The Hall–Kier alpha value is -2.59. The van der Waals surface area contributed by atoms with Gasteiger partial charge in [-0.05, 0) is 70.3 Å². The third kappa shape index (κ3) is 5.33.